The molecule has 0 radical (unpaired) electrons. The topological polar surface area (TPSA) is 46.4 Å². The van der Waals surface area contributed by atoms with Crippen LogP contribution < -0.4 is 5.32 Å². The smallest absolute Gasteiger partial charge is 0.258 e. The summed E-state index contributed by atoms with van der Waals surface area (Å²) in [5, 5.41) is 4.19. The highest BCUT2D eigenvalue weighted by Crippen LogP contribution is 2.39. The Morgan fingerprint density at radius 3 is 2.58 bits per heavy atom. The lowest BCUT2D eigenvalue weighted by molar-refractivity contribution is 0.102. The first-order valence-corrected chi connectivity index (χ1v) is 13.6. The number of thiophene rings is 1. The summed E-state index contributed by atoms with van der Waals surface area (Å²) >= 11 is 1.78. The number of aliphatic imine (C=N–C) groups is 1. The second-order valence-corrected chi connectivity index (χ2v) is 10.7. The number of amides is 1. The van der Waals surface area contributed by atoms with Crippen LogP contribution in [0.15, 0.2) is 59.6 Å². The van der Waals surface area contributed by atoms with E-state index in [1.165, 1.54) is 28.0 Å². The van der Waals surface area contributed by atoms with Gasteiger partial charge in [0.2, 0.25) is 0 Å². The van der Waals surface area contributed by atoms with E-state index in [1.807, 2.05) is 36.5 Å². The largest absolute Gasteiger partial charge is 0.322 e. The lowest BCUT2D eigenvalue weighted by Gasteiger charge is -2.14. The molecule has 36 heavy (non-hydrogen) atoms. The molecule has 1 aliphatic rings. The Morgan fingerprint density at radius 1 is 1.06 bits per heavy atom. The van der Waals surface area contributed by atoms with Crippen LogP contribution in [0.1, 0.15) is 68.6 Å². The van der Waals surface area contributed by atoms with Gasteiger partial charge in [0.05, 0.1) is 11.3 Å². The molecule has 0 saturated carbocycles. The minimum Gasteiger partial charge on any atom is -0.322 e. The Kier molecular flexibility index (Phi) is 6.92. The molecular weight excluding hydrogens is 462 g/mol. The number of hydrogen-bond donors (Lipinski definition) is 1. The summed E-state index contributed by atoms with van der Waals surface area (Å²) in [6, 6.07) is 18.5. The maximum absolute atomic E-state index is 13.7. The molecule has 2 aromatic heterocycles. The summed E-state index contributed by atoms with van der Waals surface area (Å²) in [6.45, 7) is 8.45. The highest BCUT2D eigenvalue weighted by atomic mass is 32.1. The van der Waals surface area contributed by atoms with E-state index in [4.69, 9.17) is 4.99 Å². The van der Waals surface area contributed by atoms with Crippen molar-refractivity contribution in [2.45, 2.75) is 59.8 Å². The van der Waals surface area contributed by atoms with Crippen molar-refractivity contribution in [3.8, 4) is 5.00 Å². The Hall–Kier alpha value is -3.44. The van der Waals surface area contributed by atoms with Gasteiger partial charge in [0.15, 0.2) is 0 Å². The van der Waals surface area contributed by atoms with Crippen molar-refractivity contribution in [1.82, 2.24) is 4.57 Å². The van der Waals surface area contributed by atoms with E-state index < -0.39 is 0 Å². The Balaban J connectivity index is 1.55. The fraction of sp³-hybridized carbons (Fsp3) is 0.290. The molecule has 0 unspecified atom stereocenters. The molecule has 0 spiro atoms. The molecule has 4 aromatic rings. The maximum Gasteiger partial charge on any atom is 0.258 e. The number of nitrogens with zero attached hydrogens (tertiary/aromatic N) is 2. The molecule has 5 rings (SSSR count). The molecule has 2 aromatic carbocycles. The number of fused-ring (bicyclic) bond motifs is 1. The standard InChI is InChI=1S/C31H33N3OS/c1-5-23-10-6-8-12-27(23)32-19-24-18-21(3)34(22(24)4)31-29(26-11-7-9-13-28(26)36-31)30(35)33-25-16-14-20(2)15-17-25/h6,8,10,12,14-19H,5,7,9,11,13H2,1-4H3,(H,33,35). The fourth-order valence-corrected chi connectivity index (χ4v) is 6.58. The summed E-state index contributed by atoms with van der Waals surface area (Å²) in [5.74, 6) is -0.0205. The second kappa shape index (κ2) is 10.3. The molecule has 2 heterocycles. The van der Waals surface area contributed by atoms with Crippen LogP contribution in [0.25, 0.3) is 5.00 Å². The van der Waals surface area contributed by atoms with Crippen molar-refractivity contribution in [2.24, 2.45) is 4.99 Å². The second-order valence-electron chi connectivity index (χ2n) is 9.61. The first-order chi connectivity index (χ1) is 17.5. The number of carbonyl (C=O) groups is 1. The number of para-hydroxylation sites is 1. The fourth-order valence-electron chi connectivity index (χ4n) is 5.08. The molecule has 5 heteroatoms. The van der Waals surface area contributed by atoms with Crippen LogP contribution in [0, 0.1) is 20.8 Å². The molecule has 4 nitrogen and oxygen atoms in total. The molecular formula is C31H33N3OS. The predicted molar refractivity (Wildman–Crippen MR) is 152 cm³/mol. The van der Waals surface area contributed by atoms with Crippen molar-refractivity contribution in [1.29, 1.82) is 0 Å². The first-order valence-electron chi connectivity index (χ1n) is 12.8. The third kappa shape index (κ3) is 4.68. The first kappa shape index (κ1) is 24.3. The van der Waals surface area contributed by atoms with E-state index >= 15 is 0 Å². The van der Waals surface area contributed by atoms with Gasteiger partial charge in [0.1, 0.15) is 5.00 Å². The van der Waals surface area contributed by atoms with Crippen LogP contribution in [0.5, 0.6) is 0 Å². The number of aryl methyl sites for hydroxylation is 4. The average molecular weight is 496 g/mol. The number of nitrogens with one attached hydrogen (secondary N) is 1. The van der Waals surface area contributed by atoms with Gasteiger partial charge in [0.25, 0.3) is 5.91 Å². The molecule has 0 aliphatic heterocycles. The normalized spacial score (nSPS) is 13.2. The number of carbonyl (C=O) groups excluding carboxylic acids is 1. The van der Waals surface area contributed by atoms with Crippen molar-refractivity contribution in [2.75, 3.05) is 5.32 Å². The van der Waals surface area contributed by atoms with Crippen LogP contribution >= 0.6 is 11.3 Å². The molecule has 0 saturated heterocycles. The van der Waals surface area contributed by atoms with Crippen molar-refractivity contribution >= 4 is 34.8 Å². The number of anilines is 1. The minimum atomic E-state index is -0.0205. The van der Waals surface area contributed by atoms with Crippen molar-refractivity contribution in [3.05, 3.63) is 98.7 Å². The van der Waals surface area contributed by atoms with Gasteiger partial charge in [0, 0.05) is 33.7 Å². The van der Waals surface area contributed by atoms with Gasteiger partial charge in [-0.2, -0.15) is 0 Å². The van der Waals surface area contributed by atoms with Gasteiger partial charge in [-0.15, -0.1) is 11.3 Å². The number of aromatic nitrogens is 1. The third-order valence-corrected chi connectivity index (χ3v) is 8.35. The molecule has 0 bridgehead atoms. The van der Waals surface area contributed by atoms with Crippen molar-refractivity contribution < 1.29 is 4.79 Å². The van der Waals surface area contributed by atoms with E-state index in [9.17, 15) is 4.79 Å². The van der Waals surface area contributed by atoms with E-state index in [1.54, 1.807) is 11.3 Å². The summed E-state index contributed by atoms with van der Waals surface area (Å²) in [7, 11) is 0. The van der Waals surface area contributed by atoms with Crippen LogP contribution in [0.3, 0.4) is 0 Å². The summed E-state index contributed by atoms with van der Waals surface area (Å²) in [6.07, 6.45) is 7.24. The average Bonchev–Trinajstić information content (AvgIpc) is 3.40. The maximum atomic E-state index is 13.7. The minimum absolute atomic E-state index is 0.0205. The zero-order valence-corrected chi connectivity index (χ0v) is 22.3. The molecule has 0 fully saturated rings. The van der Waals surface area contributed by atoms with Gasteiger partial charge in [-0.05, 0) is 88.3 Å². The molecule has 1 amide bonds. The van der Waals surface area contributed by atoms with Gasteiger partial charge in [-0.1, -0.05) is 42.8 Å². The highest BCUT2D eigenvalue weighted by Gasteiger charge is 2.28. The van der Waals surface area contributed by atoms with Gasteiger partial charge in [-0.3, -0.25) is 9.79 Å². The van der Waals surface area contributed by atoms with Gasteiger partial charge < -0.3 is 9.88 Å². The highest BCUT2D eigenvalue weighted by molar-refractivity contribution is 7.15. The predicted octanol–water partition coefficient (Wildman–Crippen LogP) is 7.91. The molecule has 1 aliphatic carbocycles. The summed E-state index contributed by atoms with van der Waals surface area (Å²) in [4.78, 5) is 19.9. The Bertz CT molecular complexity index is 1440. The number of rotatable bonds is 6. The van der Waals surface area contributed by atoms with Crippen molar-refractivity contribution in [3.63, 3.8) is 0 Å². The van der Waals surface area contributed by atoms with Gasteiger partial charge in [-0.25, -0.2) is 0 Å². The zero-order valence-electron chi connectivity index (χ0n) is 21.5. The molecule has 0 atom stereocenters. The molecule has 1 N–H and O–H groups in total. The summed E-state index contributed by atoms with van der Waals surface area (Å²) in [5.41, 5.74) is 9.61. The van der Waals surface area contributed by atoms with Crippen LogP contribution in [0.2, 0.25) is 0 Å². The van der Waals surface area contributed by atoms with E-state index in [0.29, 0.717) is 0 Å². The third-order valence-electron chi connectivity index (χ3n) is 7.08. The van der Waals surface area contributed by atoms with Gasteiger partial charge >= 0.3 is 0 Å². The van der Waals surface area contributed by atoms with Crippen LogP contribution in [0.4, 0.5) is 11.4 Å². The van der Waals surface area contributed by atoms with Crippen LogP contribution in [-0.4, -0.2) is 16.7 Å². The lowest BCUT2D eigenvalue weighted by Crippen LogP contribution is -2.17. The van der Waals surface area contributed by atoms with E-state index in [-0.39, 0.29) is 5.91 Å². The number of hydrogen-bond acceptors (Lipinski definition) is 3. The quantitative estimate of drug-likeness (QED) is 0.271. The molecule has 184 valence electrons. The van der Waals surface area contributed by atoms with Crippen LogP contribution in [-0.2, 0) is 19.3 Å². The lowest BCUT2D eigenvalue weighted by atomic mass is 9.95. The van der Waals surface area contributed by atoms with E-state index in [0.717, 1.165) is 64.6 Å². The van der Waals surface area contributed by atoms with E-state index in [2.05, 4.69) is 61.8 Å². The summed E-state index contributed by atoms with van der Waals surface area (Å²) < 4.78 is 2.25. The number of benzene rings is 2. The monoisotopic (exact) mass is 495 g/mol. The SMILES string of the molecule is CCc1ccccc1N=Cc1cc(C)n(-c2sc3c(c2C(=O)Nc2ccc(C)cc2)CCCC3)c1C. The Morgan fingerprint density at radius 2 is 1.81 bits per heavy atom. The zero-order chi connectivity index (χ0) is 25.2. The Labute approximate surface area is 217 Å².